The van der Waals surface area contributed by atoms with Crippen molar-refractivity contribution in [2.75, 3.05) is 7.11 Å². The number of carbonyl (C=O) groups is 2. The average Bonchev–Trinajstić information content (AvgIpc) is 3.27. The van der Waals surface area contributed by atoms with E-state index < -0.39 is 11.9 Å². The Hall–Kier alpha value is -4.70. The minimum absolute atomic E-state index is 0.134. The molecule has 0 aliphatic rings. The van der Waals surface area contributed by atoms with Gasteiger partial charge in [0, 0.05) is 24.9 Å². The lowest BCUT2D eigenvalue weighted by atomic mass is 10.1. The Morgan fingerprint density at radius 2 is 1.35 bits per heavy atom. The minimum Gasteiger partial charge on any atom is -0.477 e. The highest BCUT2D eigenvalue weighted by Crippen LogP contribution is 2.20. The fourth-order valence-corrected chi connectivity index (χ4v) is 3.13. The van der Waals surface area contributed by atoms with Gasteiger partial charge in [-0.1, -0.05) is 0 Å². The van der Waals surface area contributed by atoms with Crippen LogP contribution >= 0.6 is 0 Å². The van der Waals surface area contributed by atoms with Gasteiger partial charge in [-0.2, -0.15) is 20.7 Å². The fraction of sp³-hybridized carbons (Fsp3) is 0.143. The van der Waals surface area contributed by atoms with Crippen molar-refractivity contribution >= 4 is 33.7 Å². The molecule has 0 radical (unpaired) electrons. The van der Waals surface area contributed by atoms with E-state index in [0.29, 0.717) is 38.6 Å². The molecule has 4 rings (SSSR count). The first-order valence-corrected chi connectivity index (χ1v) is 8.86. The van der Waals surface area contributed by atoms with Crippen LogP contribution in [0.1, 0.15) is 32.1 Å². The van der Waals surface area contributed by atoms with Crippen molar-refractivity contribution in [3.05, 3.63) is 58.9 Å². The predicted octanol–water partition coefficient (Wildman–Crippen LogP) is 2.37. The lowest BCUT2D eigenvalue weighted by molar-refractivity contribution is 0.0589. The number of esters is 1. The van der Waals surface area contributed by atoms with E-state index in [1.54, 1.807) is 50.5 Å². The maximum Gasteiger partial charge on any atom is 0.356 e. The number of carboxylic acids is 1. The zero-order chi connectivity index (χ0) is 22.7. The molecule has 2 heterocycles. The van der Waals surface area contributed by atoms with Gasteiger partial charge >= 0.3 is 11.9 Å². The summed E-state index contributed by atoms with van der Waals surface area (Å²) >= 11 is 0. The highest BCUT2D eigenvalue weighted by atomic mass is 16.5. The number of hydrogen-bond acceptors (Lipinski definition) is 7. The number of carboxylic acid groups (broad SMARTS) is 1. The molecule has 0 saturated heterocycles. The normalized spacial score (nSPS) is 10.1. The van der Waals surface area contributed by atoms with E-state index in [9.17, 15) is 9.59 Å². The summed E-state index contributed by atoms with van der Waals surface area (Å²) in [4.78, 5) is 22.4. The van der Waals surface area contributed by atoms with Gasteiger partial charge in [0.1, 0.15) is 0 Å². The highest BCUT2D eigenvalue weighted by Gasteiger charge is 2.17. The van der Waals surface area contributed by atoms with Gasteiger partial charge in [0.05, 0.1) is 41.4 Å². The van der Waals surface area contributed by atoms with Crippen molar-refractivity contribution in [3.8, 4) is 12.1 Å². The molecule has 10 nitrogen and oxygen atoms in total. The van der Waals surface area contributed by atoms with Crippen LogP contribution < -0.4 is 0 Å². The first kappa shape index (κ1) is 21.0. The van der Waals surface area contributed by atoms with Crippen LogP contribution in [-0.4, -0.2) is 43.7 Å². The summed E-state index contributed by atoms with van der Waals surface area (Å²) in [5.41, 5.74) is 2.65. The van der Waals surface area contributed by atoms with Crippen molar-refractivity contribution in [1.29, 1.82) is 10.5 Å². The monoisotopic (exact) mass is 416 g/mol. The molecule has 0 unspecified atom stereocenters. The number of nitrogens with zero attached hydrogens (tertiary/aromatic N) is 6. The van der Waals surface area contributed by atoms with Crippen molar-refractivity contribution in [2.45, 2.75) is 0 Å². The van der Waals surface area contributed by atoms with Crippen molar-refractivity contribution < 1.29 is 19.4 Å². The number of aromatic carboxylic acids is 1. The van der Waals surface area contributed by atoms with Gasteiger partial charge < -0.3 is 9.84 Å². The van der Waals surface area contributed by atoms with Crippen LogP contribution in [0, 0.1) is 22.7 Å². The van der Waals surface area contributed by atoms with Crippen LogP contribution in [0.5, 0.6) is 0 Å². The van der Waals surface area contributed by atoms with Gasteiger partial charge in [0.2, 0.25) is 0 Å². The Balaban J connectivity index is 0.000000176. The Bertz CT molecular complexity index is 1420. The number of methoxy groups -OCH3 is 1. The molecule has 2 aromatic carbocycles. The first-order valence-electron chi connectivity index (χ1n) is 8.86. The van der Waals surface area contributed by atoms with E-state index in [4.69, 9.17) is 15.6 Å². The summed E-state index contributed by atoms with van der Waals surface area (Å²) in [7, 11) is 4.55. The molecule has 0 saturated carbocycles. The second kappa shape index (κ2) is 8.35. The minimum atomic E-state index is -1.02. The molecule has 31 heavy (non-hydrogen) atoms. The number of rotatable bonds is 2. The first-order chi connectivity index (χ1) is 14.8. The highest BCUT2D eigenvalue weighted by molar-refractivity contribution is 6.02. The quantitative estimate of drug-likeness (QED) is 0.490. The maximum atomic E-state index is 11.5. The van der Waals surface area contributed by atoms with E-state index in [2.05, 4.69) is 14.9 Å². The Morgan fingerprint density at radius 1 is 0.903 bits per heavy atom. The summed E-state index contributed by atoms with van der Waals surface area (Å²) < 4.78 is 7.43. The van der Waals surface area contributed by atoms with Crippen LogP contribution in [0.4, 0.5) is 0 Å². The SMILES string of the molecule is COC(=O)c1c2ccc(C#N)cc2nn1C.Cn1nc2cc(C#N)ccc2c1C(=O)O. The lowest BCUT2D eigenvalue weighted by Crippen LogP contribution is -2.08. The number of fused-ring (bicyclic) bond motifs is 2. The van der Waals surface area contributed by atoms with E-state index in [1.165, 1.54) is 16.5 Å². The summed E-state index contributed by atoms with van der Waals surface area (Å²) in [5.74, 6) is -1.46. The molecule has 1 N–H and O–H groups in total. The third kappa shape index (κ3) is 3.91. The maximum absolute atomic E-state index is 11.5. The number of aromatic nitrogens is 4. The van der Waals surface area contributed by atoms with E-state index in [-0.39, 0.29) is 5.69 Å². The fourth-order valence-electron chi connectivity index (χ4n) is 3.13. The molecule has 0 spiro atoms. The molecule has 154 valence electrons. The number of benzene rings is 2. The molecule has 0 aliphatic carbocycles. The van der Waals surface area contributed by atoms with Crippen LogP contribution in [-0.2, 0) is 18.8 Å². The Labute approximate surface area is 176 Å². The van der Waals surface area contributed by atoms with Crippen molar-refractivity contribution in [3.63, 3.8) is 0 Å². The van der Waals surface area contributed by atoms with E-state index >= 15 is 0 Å². The Kier molecular flexibility index (Phi) is 5.66. The van der Waals surface area contributed by atoms with Crippen LogP contribution in [0.2, 0.25) is 0 Å². The molecule has 0 amide bonds. The molecular formula is C21H16N6O4. The third-order valence-corrected chi connectivity index (χ3v) is 4.51. The number of nitriles is 2. The number of hydrogen-bond donors (Lipinski definition) is 1. The van der Waals surface area contributed by atoms with Crippen LogP contribution in [0.15, 0.2) is 36.4 Å². The number of ether oxygens (including phenoxy) is 1. The molecule has 4 aromatic rings. The topological polar surface area (TPSA) is 147 Å². The van der Waals surface area contributed by atoms with Gasteiger partial charge in [-0.3, -0.25) is 9.36 Å². The van der Waals surface area contributed by atoms with Gasteiger partial charge in [-0.15, -0.1) is 0 Å². The Morgan fingerprint density at radius 3 is 1.77 bits per heavy atom. The van der Waals surface area contributed by atoms with Crippen molar-refractivity contribution in [1.82, 2.24) is 19.6 Å². The second-order valence-electron chi connectivity index (χ2n) is 6.43. The van der Waals surface area contributed by atoms with Crippen molar-refractivity contribution in [2.24, 2.45) is 14.1 Å². The lowest BCUT2D eigenvalue weighted by Gasteiger charge is -1.99. The molecule has 0 atom stereocenters. The summed E-state index contributed by atoms with van der Waals surface area (Å²) in [6.45, 7) is 0. The summed E-state index contributed by atoms with van der Waals surface area (Å²) in [5, 5.41) is 35.8. The largest absolute Gasteiger partial charge is 0.477 e. The van der Waals surface area contributed by atoms with Gasteiger partial charge in [0.15, 0.2) is 11.4 Å². The smallest absolute Gasteiger partial charge is 0.356 e. The molecule has 0 bridgehead atoms. The predicted molar refractivity (Wildman–Crippen MR) is 109 cm³/mol. The van der Waals surface area contributed by atoms with E-state index in [0.717, 1.165) is 0 Å². The van der Waals surface area contributed by atoms with Gasteiger partial charge in [0.25, 0.3) is 0 Å². The zero-order valence-electron chi connectivity index (χ0n) is 16.8. The number of aryl methyl sites for hydroxylation is 2. The molecule has 2 aromatic heterocycles. The van der Waals surface area contributed by atoms with Gasteiger partial charge in [-0.25, -0.2) is 9.59 Å². The van der Waals surface area contributed by atoms with E-state index in [1.807, 2.05) is 12.1 Å². The van der Waals surface area contributed by atoms with Crippen LogP contribution in [0.3, 0.4) is 0 Å². The zero-order valence-corrected chi connectivity index (χ0v) is 16.8. The standard InChI is InChI=1S/C11H9N3O2.C10H7N3O2/c1-14-10(11(15)16-2)8-4-3-7(6-12)5-9(8)13-14;1-13-9(10(14)15)7-3-2-6(5-11)4-8(7)12-13/h3-5H,1-2H3;2-4H,1H3,(H,14,15). The molecule has 0 fully saturated rings. The molecule has 10 heteroatoms. The summed E-state index contributed by atoms with van der Waals surface area (Å²) in [6.07, 6.45) is 0. The summed E-state index contributed by atoms with van der Waals surface area (Å²) in [6, 6.07) is 13.7. The van der Waals surface area contributed by atoms with Gasteiger partial charge in [-0.05, 0) is 36.4 Å². The molecular weight excluding hydrogens is 400 g/mol. The van der Waals surface area contributed by atoms with Crippen LogP contribution in [0.25, 0.3) is 21.8 Å². The number of carbonyl (C=O) groups excluding carboxylic acids is 1. The average molecular weight is 416 g/mol. The molecule has 0 aliphatic heterocycles. The second-order valence-corrected chi connectivity index (χ2v) is 6.43. The third-order valence-electron chi connectivity index (χ3n) is 4.51.